The topological polar surface area (TPSA) is 58.6 Å². The van der Waals surface area contributed by atoms with Crippen LogP contribution in [0.3, 0.4) is 0 Å². The number of hydrogen-bond donors (Lipinski definition) is 2. The molecule has 22 heavy (non-hydrogen) atoms. The third-order valence-electron chi connectivity index (χ3n) is 3.07. The summed E-state index contributed by atoms with van der Waals surface area (Å²) in [5.74, 6) is -0.411. The number of halogens is 2. The van der Waals surface area contributed by atoms with Crippen LogP contribution in [0.4, 0.5) is 9.18 Å². The highest BCUT2D eigenvalue weighted by atomic mass is 35.5. The minimum atomic E-state index is -0.627. The first-order valence-corrected chi connectivity index (χ1v) is 7.44. The van der Waals surface area contributed by atoms with E-state index in [4.69, 9.17) is 16.3 Å². The van der Waals surface area contributed by atoms with Gasteiger partial charge in [0.15, 0.2) is 0 Å². The Balaban J connectivity index is 2.70. The molecule has 0 fully saturated rings. The van der Waals surface area contributed by atoms with E-state index in [0.717, 1.165) is 0 Å². The number of alkyl carbamates (subject to hydrolysis) is 1. The van der Waals surface area contributed by atoms with Crippen molar-refractivity contribution in [2.75, 3.05) is 13.2 Å². The lowest BCUT2D eigenvalue weighted by Gasteiger charge is -2.29. The molecule has 124 valence electrons. The van der Waals surface area contributed by atoms with Gasteiger partial charge in [-0.15, -0.1) is 0 Å². The van der Waals surface area contributed by atoms with Gasteiger partial charge in [0.25, 0.3) is 0 Å². The maximum absolute atomic E-state index is 13.1. The van der Waals surface area contributed by atoms with Crippen LogP contribution in [-0.4, -0.2) is 30.0 Å². The first kappa shape index (κ1) is 18.7. The number of nitrogens with one attached hydrogen (secondary N) is 1. The fourth-order valence-electron chi connectivity index (χ4n) is 1.90. The summed E-state index contributed by atoms with van der Waals surface area (Å²) in [6.45, 7) is 7.19. The van der Waals surface area contributed by atoms with Gasteiger partial charge in [-0.2, -0.15) is 0 Å². The van der Waals surface area contributed by atoms with Gasteiger partial charge in [-0.25, -0.2) is 9.18 Å². The van der Waals surface area contributed by atoms with Crippen molar-refractivity contribution < 1.29 is 19.0 Å². The van der Waals surface area contributed by atoms with Crippen LogP contribution in [0.2, 0.25) is 5.02 Å². The molecular formula is C16H23ClFNO3. The number of carbonyl (C=O) groups is 1. The lowest BCUT2D eigenvalue weighted by Crippen LogP contribution is -2.41. The van der Waals surface area contributed by atoms with Gasteiger partial charge in [0.2, 0.25) is 0 Å². The normalized spacial score (nSPS) is 14.3. The molecule has 0 heterocycles. The maximum Gasteiger partial charge on any atom is 0.407 e. The number of rotatable bonds is 5. The van der Waals surface area contributed by atoms with E-state index in [1.54, 1.807) is 26.8 Å². The number of hydrogen-bond acceptors (Lipinski definition) is 3. The summed E-state index contributed by atoms with van der Waals surface area (Å²) >= 11 is 6.01. The van der Waals surface area contributed by atoms with Crippen LogP contribution in [-0.2, 0) is 11.2 Å². The molecule has 0 spiro atoms. The van der Waals surface area contributed by atoms with Crippen molar-refractivity contribution in [1.29, 1.82) is 0 Å². The first-order chi connectivity index (χ1) is 10.0. The van der Waals surface area contributed by atoms with Crippen molar-refractivity contribution >= 4 is 17.7 Å². The Labute approximate surface area is 135 Å². The Morgan fingerprint density at radius 2 is 2.00 bits per heavy atom. The molecule has 0 saturated heterocycles. The van der Waals surface area contributed by atoms with Crippen molar-refractivity contribution in [2.24, 2.45) is 5.41 Å². The summed E-state index contributed by atoms with van der Waals surface area (Å²) < 4.78 is 18.2. The molecule has 0 saturated carbocycles. The molecule has 1 aromatic rings. The average molecular weight is 332 g/mol. The van der Waals surface area contributed by atoms with Gasteiger partial charge in [0.1, 0.15) is 11.4 Å². The minimum absolute atomic E-state index is 0.156. The van der Waals surface area contributed by atoms with Crippen molar-refractivity contribution in [2.45, 2.75) is 39.7 Å². The Bertz CT molecular complexity index is 531. The molecule has 2 N–H and O–H groups in total. The third kappa shape index (κ3) is 6.20. The molecular weight excluding hydrogens is 309 g/mol. The Kier molecular flexibility index (Phi) is 6.20. The van der Waals surface area contributed by atoms with Crippen LogP contribution in [0.1, 0.15) is 33.3 Å². The largest absolute Gasteiger partial charge is 0.444 e. The smallest absolute Gasteiger partial charge is 0.407 e. The zero-order chi connectivity index (χ0) is 17.0. The standard InChI is InChI=1S/C16H23ClFNO3/c1-15(2,3)22-14(21)19-9-16(4,10-20)8-11-5-6-12(18)7-13(11)17/h5-7,20H,8-10H2,1-4H3,(H,19,21). The molecule has 0 aliphatic heterocycles. The summed E-state index contributed by atoms with van der Waals surface area (Å²) in [4.78, 5) is 11.7. The van der Waals surface area contributed by atoms with Gasteiger partial charge in [0.05, 0.1) is 6.61 Å². The predicted octanol–water partition coefficient (Wildman–Crippen LogP) is 3.54. The van der Waals surface area contributed by atoms with Gasteiger partial charge in [-0.05, 0) is 44.9 Å². The van der Waals surface area contributed by atoms with E-state index in [0.29, 0.717) is 17.0 Å². The molecule has 0 radical (unpaired) electrons. The van der Waals surface area contributed by atoms with E-state index in [-0.39, 0.29) is 13.2 Å². The van der Waals surface area contributed by atoms with E-state index in [1.807, 2.05) is 6.92 Å². The van der Waals surface area contributed by atoms with Crippen molar-refractivity contribution in [3.8, 4) is 0 Å². The van der Waals surface area contributed by atoms with Crippen LogP contribution in [0.15, 0.2) is 18.2 Å². The third-order valence-corrected chi connectivity index (χ3v) is 3.42. The molecule has 6 heteroatoms. The van der Waals surface area contributed by atoms with Crippen molar-refractivity contribution in [1.82, 2.24) is 5.32 Å². The number of benzene rings is 1. The minimum Gasteiger partial charge on any atom is -0.444 e. The highest BCUT2D eigenvalue weighted by Crippen LogP contribution is 2.27. The molecule has 1 rings (SSSR count). The monoisotopic (exact) mass is 331 g/mol. The van der Waals surface area contributed by atoms with Crippen molar-refractivity contribution in [3.63, 3.8) is 0 Å². The van der Waals surface area contributed by atoms with Gasteiger partial charge < -0.3 is 15.2 Å². The predicted molar refractivity (Wildman–Crippen MR) is 84.5 cm³/mol. The van der Waals surface area contributed by atoms with Crippen LogP contribution in [0, 0.1) is 11.2 Å². The molecule has 0 aliphatic carbocycles. The second-order valence-corrected chi connectivity index (χ2v) is 7.14. The van der Waals surface area contributed by atoms with Crippen LogP contribution in [0.25, 0.3) is 0 Å². The van der Waals surface area contributed by atoms with E-state index in [2.05, 4.69) is 5.32 Å². The molecule has 1 unspecified atom stereocenters. The highest BCUT2D eigenvalue weighted by Gasteiger charge is 2.27. The molecule has 0 aromatic heterocycles. The fraction of sp³-hybridized carbons (Fsp3) is 0.562. The highest BCUT2D eigenvalue weighted by molar-refractivity contribution is 6.31. The number of carbonyl (C=O) groups excluding carboxylic acids is 1. The second kappa shape index (κ2) is 7.29. The van der Waals surface area contributed by atoms with E-state index >= 15 is 0 Å². The Morgan fingerprint density at radius 1 is 1.36 bits per heavy atom. The maximum atomic E-state index is 13.1. The van der Waals surface area contributed by atoms with Crippen molar-refractivity contribution in [3.05, 3.63) is 34.6 Å². The number of ether oxygens (including phenoxy) is 1. The van der Waals surface area contributed by atoms with E-state index < -0.39 is 22.9 Å². The quantitative estimate of drug-likeness (QED) is 0.867. The molecule has 0 bridgehead atoms. The SMILES string of the molecule is CC(CO)(CNC(=O)OC(C)(C)C)Cc1ccc(F)cc1Cl. The average Bonchev–Trinajstić information content (AvgIpc) is 2.38. The first-order valence-electron chi connectivity index (χ1n) is 7.06. The Morgan fingerprint density at radius 3 is 2.50 bits per heavy atom. The summed E-state index contributed by atoms with van der Waals surface area (Å²) in [5, 5.41) is 12.6. The number of amides is 1. The zero-order valence-electron chi connectivity index (χ0n) is 13.4. The van der Waals surface area contributed by atoms with Crippen LogP contribution in [0.5, 0.6) is 0 Å². The number of aliphatic hydroxyl groups excluding tert-OH is 1. The van der Waals surface area contributed by atoms with Gasteiger partial charge in [-0.3, -0.25) is 0 Å². The lowest BCUT2D eigenvalue weighted by molar-refractivity contribution is 0.0478. The fourth-order valence-corrected chi connectivity index (χ4v) is 2.13. The van der Waals surface area contributed by atoms with E-state index in [1.165, 1.54) is 12.1 Å². The van der Waals surface area contributed by atoms with Gasteiger partial charge in [-0.1, -0.05) is 24.6 Å². The molecule has 1 aromatic carbocycles. The van der Waals surface area contributed by atoms with Crippen LogP contribution >= 0.6 is 11.6 Å². The number of aliphatic hydroxyl groups is 1. The molecule has 4 nitrogen and oxygen atoms in total. The summed E-state index contributed by atoms with van der Waals surface area (Å²) in [6.07, 6.45) is -0.143. The summed E-state index contributed by atoms with van der Waals surface area (Å²) in [5.41, 5.74) is -0.496. The van der Waals surface area contributed by atoms with E-state index in [9.17, 15) is 14.3 Å². The van der Waals surface area contributed by atoms with Gasteiger partial charge >= 0.3 is 6.09 Å². The second-order valence-electron chi connectivity index (χ2n) is 6.74. The molecule has 1 amide bonds. The summed E-state index contributed by atoms with van der Waals surface area (Å²) in [6, 6.07) is 4.13. The Hall–Kier alpha value is -1.33. The summed E-state index contributed by atoms with van der Waals surface area (Å²) in [7, 11) is 0. The molecule has 1 atom stereocenters. The van der Waals surface area contributed by atoms with Crippen LogP contribution < -0.4 is 5.32 Å². The zero-order valence-corrected chi connectivity index (χ0v) is 14.1. The lowest BCUT2D eigenvalue weighted by atomic mass is 9.84. The molecule has 0 aliphatic rings. The van der Waals surface area contributed by atoms with Gasteiger partial charge in [0, 0.05) is 17.0 Å².